The van der Waals surface area contributed by atoms with Gasteiger partial charge in [0.15, 0.2) is 5.69 Å². The maximum Gasteiger partial charge on any atom is 0.272 e. The smallest absolute Gasteiger partial charge is 0.272 e. The number of aromatic nitrogens is 2. The number of likely N-dealkylation sites (N-methyl/N-ethyl adjacent to an activating group) is 1. The molecule has 5 nitrogen and oxygen atoms in total. The van der Waals surface area contributed by atoms with Gasteiger partial charge in [0.25, 0.3) is 5.91 Å². The molecule has 24 heavy (non-hydrogen) atoms. The number of hydrogen-bond acceptors (Lipinski definition) is 3. The van der Waals surface area contributed by atoms with E-state index >= 15 is 0 Å². The third-order valence-electron chi connectivity index (χ3n) is 4.34. The van der Waals surface area contributed by atoms with E-state index in [0.29, 0.717) is 22.3 Å². The van der Waals surface area contributed by atoms with E-state index in [1.54, 1.807) is 16.8 Å². The van der Waals surface area contributed by atoms with Crippen molar-refractivity contribution in [3.05, 3.63) is 45.2 Å². The van der Waals surface area contributed by atoms with Gasteiger partial charge in [-0.15, -0.1) is 0 Å². The van der Waals surface area contributed by atoms with Gasteiger partial charge in [-0.3, -0.25) is 4.79 Å². The molecule has 1 aromatic heterocycles. The normalized spacial score (nSPS) is 14.5. The Hall–Kier alpha value is -1.56. The maximum absolute atomic E-state index is 12.5. The van der Waals surface area contributed by atoms with E-state index in [4.69, 9.17) is 23.2 Å². The standard InChI is InChI=1S/C17H20Cl2N4O/c1-10(20-2)9-21-17(24)16-12-4-3-5-14(12)23(22-16)15-7-6-11(18)8-13(15)19/h6-8,10,20H,3-5,9H2,1-2H3,(H,21,24). The van der Waals surface area contributed by atoms with Crippen LogP contribution in [0.15, 0.2) is 18.2 Å². The summed E-state index contributed by atoms with van der Waals surface area (Å²) in [6.45, 7) is 2.56. The Bertz CT molecular complexity index is 772. The van der Waals surface area contributed by atoms with Crippen LogP contribution in [0.4, 0.5) is 0 Å². The Kier molecular flexibility index (Phi) is 5.13. The molecule has 128 valence electrons. The third kappa shape index (κ3) is 3.29. The molecule has 2 N–H and O–H groups in total. The molecule has 7 heteroatoms. The molecule has 0 spiro atoms. The van der Waals surface area contributed by atoms with Crippen molar-refractivity contribution >= 4 is 29.1 Å². The Balaban J connectivity index is 1.94. The summed E-state index contributed by atoms with van der Waals surface area (Å²) < 4.78 is 1.79. The first-order valence-electron chi connectivity index (χ1n) is 8.03. The third-order valence-corrected chi connectivity index (χ3v) is 4.88. The number of carbonyl (C=O) groups excluding carboxylic acids is 1. The van der Waals surface area contributed by atoms with Crippen LogP contribution < -0.4 is 10.6 Å². The zero-order valence-corrected chi connectivity index (χ0v) is 15.2. The molecule has 1 aromatic carbocycles. The second kappa shape index (κ2) is 7.13. The number of halogens is 2. The minimum atomic E-state index is -0.140. The van der Waals surface area contributed by atoms with Crippen molar-refractivity contribution in [2.45, 2.75) is 32.2 Å². The number of hydrogen-bond donors (Lipinski definition) is 2. The van der Waals surface area contributed by atoms with Crippen LogP contribution in [0.5, 0.6) is 0 Å². The molecule has 1 amide bonds. The van der Waals surface area contributed by atoms with Crippen LogP contribution in [0.3, 0.4) is 0 Å². The van der Waals surface area contributed by atoms with Crippen LogP contribution in [0.1, 0.15) is 35.1 Å². The summed E-state index contributed by atoms with van der Waals surface area (Å²) in [5.41, 5.74) is 3.33. The van der Waals surface area contributed by atoms with Gasteiger partial charge in [0.1, 0.15) is 0 Å². The van der Waals surface area contributed by atoms with Gasteiger partial charge in [0.05, 0.1) is 10.7 Å². The highest BCUT2D eigenvalue weighted by Crippen LogP contribution is 2.31. The first-order valence-corrected chi connectivity index (χ1v) is 8.78. The second-order valence-corrected chi connectivity index (χ2v) is 6.88. The molecule has 0 saturated heterocycles. The molecular formula is C17H20Cl2N4O. The average Bonchev–Trinajstić information content (AvgIpc) is 3.15. The van der Waals surface area contributed by atoms with Crippen LogP contribution >= 0.6 is 23.2 Å². The van der Waals surface area contributed by atoms with Crippen LogP contribution in [0.2, 0.25) is 10.0 Å². The predicted octanol–water partition coefficient (Wildman–Crippen LogP) is 3.01. The largest absolute Gasteiger partial charge is 0.349 e. The van der Waals surface area contributed by atoms with Crippen LogP contribution in [-0.2, 0) is 12.8 Å². The molecule has 0 radical (unpaired) electrons. The van der Waals surface area contributed by atoms with E-state index in [0.717, 1.165) is 36.2 Å². The number of nitrogens with one attached hydrogen (secondary N) is 2. The molecule has 0 aliphatic heterocycles. The highest BCUT2D eigenvalue weighted by atomic mass is 35.5. The quantitative estimate of drug-likeness (QED) is 0.854. The zero-order chi connectivity index (χ0) is 17.3. The van der Waals surface area contributed by atoms with E-state index in [1.165, 1.54) is 0 Å². The maximum atomic E-state index is 12.5. The van der Waals surface area contributed by atoms with Crippen molar-refractivity contribution in [2.24, 2.45) is 0 Å². The Morgan fingerprint density at radius 1 is 1.38 bits per heavy atom. The lowest BCUT2D eigenvalue weighted by Crippen LogP contribution is -2.37. The summed E-state index contributed by atoms with van der Waals surface area (Å²) in [6, 6.07) is 5.51. The zero-order valence-electron chi connectivity index (χ0n) is 13.7. The number of rotatable bonds is 5. The Labute approximate surface area is 151 Å². The molecule has 1 aliphatic carbocycles. The van der Waals surface area contributed by atoms with E-state index in [2.05, 4.69) is 15.7 Å². The fourth-order valence-corrected chi connectivity index (χ4v) is 3.39. The summed E-state index contributed by atoms with van der Waals surface area (Å²) in [4.78, 5) is 12.5. The number of benzene rings is 1. The summed E-state index contributed by atoms with van der Waals surface area (Å²) in [6.07, 6.45) is 2.78. The first kappa shape index (κ1) is 17.3. The Morgan fingerprint density at radius 3 is 2.88 bits per heavy atom. The monoisotopic (exact) mass is 366 g/mol. The van der Waals surface area contributed by atoms with Gasteiger partial charge in [-0.1, -0.05) is 23.2 Å². The summed E-state index contributed by atoms with van der Waals surface area (Å²) in [5, 5.41) is 11.7. The van der Waals surface area contributed by atoms with E-state index in [9.17, 15) is 4.79 Å². The van der Waals surface area contributed by atoms with Gasteiger partial charge < -0.3 is 10.6 Å². The number of nitrogens with zero attached hydrogens (tertiary/aromatic N) is 2. The van der Waals surface area contributed by atoms with Crippen LogP contribution in [0.25, 0.3) is 5.69 Å². The van der Waals surface area contributed by atoms with E-state index in [1.807, 2.05) is 20.0 Å². The van der Waals surface area contributed by atoms with Gasteiger partial charge in [0, 0.05) is 28.9 Å². The fraction of sp³-hybridized carbons (Fsp3) is 0.412. The van der Waals surface area contributed by atoms with Gasteiger partial charge in [-0.25, -0.2) is 4.68 Å². The molecule has 0 saturated carbocycles. The predicted molar refractivity (Wildman–Crippen MR) is 96.5 cm³/mol. The lowest BCUT2D eigenvalue weighted by atomic mass is 10.2. The number of carbonyl (C=O) groups is 1. The molecular weight excluding hydrogens is 347 g/mol. The minimum absolute atomic E-state index is 0.140. The average molecular weight is 367 g/mol. The molecule has 1 unspecified atom stereocenters. The van der Waals surface area contributed by atoms with Crippen molar-refractivity contribution in [3.8, 4) is 5.69 Å². The highest BCUT2D eigenvalue weighted by Gasteiger charge is 2.27. The molecule has 2 aromatic rings. The SMILES string of the molecule is CNC(C)CNC(=O)c1nn(-c2ccc(Cl)cc2Cl)c2c1CCC2. The van der Waals surface area contributed by atoms with E-state index in [-0.39, 0.29) is 11.9 Å². The summed E-state index contributed by atoms with van der Waals surface area (Å²) >= 11 is 12.3. The first-order chi connectivity index (χ1) is 11.5. The summed E-state index contributed by atoms with van der Waals surface area (Å²) in [5.74, 6) is -0.140. The molecule has 1 heterocycles. The van der Waals surface area contributed by atoms with Crippen molar-refractivity contribution in [2.75, 3.05) is 13.6 Å². The second-order valence-electron chi connectivity index (χ2n) is 6.03. The lowest BCUT2D eigenvalue weighted by Gasteiger charge is -2.11. The Morgan fingerprint density at radius 2 is 2.17 bits per heavy atom. The lowest BCUT2D eigenvalue weighted by molar-refractivity contribution is 0.0944. The van der Waals surface area contributed by atoms with E-state index < -0.39 is 0 Å². The molecule has 0 fully saturated rings. The van der Waals surface area contributed by atoms with Crippen LogP contribution in [0, 0.1) is 0 Å². The van der Waals surface area contributed by atoms with Gasteiger partial charge in [-0.2, -0.15) is 5.10 Å². The van der Waals surface area contributed by atoms with Gasteiger partial charge in [0.2, 0.25) is 0 Å². The summed E-state index contributed by atoms with van der Waals surface area (Å²) in [7, 11) is 1.87. The highest BCUT2D eigenvalue weighted by molar-refractivity contribution is 6.35. The van der Waals surface area contributed by atoms with Crippen molar-refractivity contribution in [1.29, 1.82) is 0 Å². The van der Waals surface area contributed by atoms with Crippen molar-refractivity contribution in [1.82, 2.24) is 20.4 Å². The van der Waals surface area contributed by atoms with Gasteiger partial charge in [-0.05, 0) is 51.4 Å². The molecule has 3 rings (SSSR count). The fourth-order valence-electron chi connectivity index (χ4n) is 2.90. The van der Waals surface area contributed by atoms with Gasteiger partial charge >= 0.3 is 0 Å². The van der Waals surface area contributed by atoms with Crippen molar-refractivity contribution in [3.63, 3.8) is 0 Å². The number of fused-ring (bicyclic) bond motifs is 1. The number of amides is 1. The minimum Gasteiger partial charge on any atom is -0.349 e. The molecule has 0 bridgehead atoms. The topological polar surface area (TPSA) is 58.9 Å². The molecule has 1 aliphatic rings. The van der Waals surface area contributed by atoms with Crippen LogP contribution in [-0.4, -0.2) is 35.3 Å². The molecule has 1 atom stereocenters. The van der Waals surface area contributed by atoms with Crippen molar-refractivity contribution < 1.29 is 4.79 Å².